The summed E-state index contributed by atoms with van der Waals surface area (Å²) >= 11 is 3.02. The van der Waals surface area contributed by atoms with Crippen LogP contribution < -0.4 is 25.5 Å². The number of carbonyl (C=O) groups excluding carboxylic acids is 3. The molecule has 0 saturated heterocycles. The lowest BCUT2D eigenvalue weighted by atomic mass is 9.95. The number of hydrazone groups is 1. The largest absolute Gasteiger partial charge is 0.506 e. The van der Waals surface area contributed by atoms with Gasteiger partial charge in [-0.3, -0.25) is 14.9 Å². The summed E-state index contributed by atoms with van der Waals surface area (Å²) in [6, 6.07) is 5.57. The molecule has 1 heterocycles. The molecule has 15 heteroatoms. The number of ether oxygens (including phenoxy) is 3. The number of nitro benzene ring substituents is 1. The Kier molecular flexibility index (Phi) is 9.43. The van der Waals surface area contributed by atoms with Crippen LogP contribution in [0.5, 0.6) is 17.2 Å². The predicted molar refractivity (Wildman–Crippen MR) is 140 cm³/mol. The van der Waals surface area contributed by atoms with Crippen LogP contribution >= 0.6 is 15.9 Å². The van der Waals surface area contributed by atoms with E-state index in [9.17, 15) is 29.6 Å². The first kappa shape index (κ1) is 28.9. The number of amides is 3. The maximum Gasteiger partial charge on any atom is 0.338 e. The first-order chi connectivity index (χ1) is 18.5. The fraction of sp³-hybridized carbons (Fsp3) is 0.250. The van der Waals surface area contributed by atoms with Crippen molar-refractivity contribution in [2.24, 2.45) is 5.10 Å². The second-order valence-corrected chi connectivity index (χ2v) is 8.76. The first-order valence-electron chi connectivity index (χ1n) is 11.3. The molecule has 206 valence electrons. The maximum absolute atomic E-state index is 12.5. The molecule has 0 saturated carbocycles. The van der Waals surface area contributed by atoms with E-state index in [1.807, 2.05) is 0 Å². The SMILES string of the molecule is CCOC(=O)C1=C(C)NC(=O)N[C@H]1c1ccc(OCC(=O)N/N=C/c2cc([N+](=O)[O-])cc(Br)c2O)c(OC)c1. The summed E-state index contributed by atoms with van der Waals surface area (Å²) in [4.78, 5) is 47.2. The molecule has 0 aromatic heterocycles. The number of nitrogens with one attached hydrogen (secondary N) is 3. The first-order valence-corrected chi connectivity index (χ1v) is 12.1. The highest BCUT2D eigenvalue weighted by Crippen LogP contribution is 2.35. The molecule has 0 fully saturated rings. The van der Waals surface area contributed by atoms with E-state index in [4.69, 9.17) is 14.2 Å². The number of carbonyl (C=O) groups is 3. The molecule has 0 aliphatic carbocycles. The van der Waals surface area contributed by atoms with Gasteiger partial charge in [0, 0.05) is 23.4 Å². The van der Waals surface area contributed by atoms with Crippen molar-refractivity contribution in [1.29, 1.82) is 0 Å². The third-order valence-electron chi connectivity index (χ3n) is 5.33. The number of methoxy groups -OCH3 is 1. The smallest absolute Gasteiger partial charge is 0.338 e. The normalized spacial score (nSPS) is 14.9. The van der Waals surface area contributed by atoms with Crippen molar-refractivity contribution in [3.63, 3.8) is 0 Å². The number of nitrogens with zero attached hydrogens (tertiary/aromatic N) is 2. The Labute approximate surface area is 230 Å². The zero-order valence-electron chi connectivity index (χ0n) is 20.9. The van der Waals surface area contributed by atoms with Crippen LogP contribution in [0.2, 0.25) is 0 Å². The minimum atomic E-state index is -0.816. The van der Waals surface area contributed by atoms with Crippen LogP contribution in [0, 0.1) is 10.1 Å². The minimum Gasteiger partial charge on any atom is -0.506 e. The molecule has 3 rings (SSSR count). The van der Waals surface area contributed by atoms with Crippen LogP contribution in [0.3, 0.4) is 0 Å². The van der Waals surface area contributed by atoms with Gasteiger partial charge in [-0.25, -0.2) is 15.0 Å². The summed E-state index contributed by atoms with van der Waals surface area (Å²) in [5.41, 5.74) is 3.00. The van der Waals surface area contributed by atoms with Gasteiger partial charge in [-0.1, -0.05) is 6.07 Å². The lowest BCUT2D eigenvalue weighted by molar-refractivity contribution is -0.385. The van der Waals surface area contributed by atoms with Gasteiger partial charge in [0.25, 0.3) is 11.6 Å². The molecular weight excluding hydrogens is 582 g/mol. The Morgan fingerprint density at radius 3 is 2.69 bits per heavy atom. The van der Waals surface area contributed by atoms with E-state index in [1.54, 1.807) is 26.0 Å². The lowest BCUT2D eigenvalue weighted by Gasteiger charge is -2.28. The molecule has 0 bridgehead atoms. The Morgan fingerprint density at radius 1 is 1.28 bits per heavy atom. The van der Waals surface area contributed by atoms with Crippen LogP contribution in [-0.2, 0) is 14.3 Å². The van der Waals surface area contributed by atoms with E-state index in [0.717, 1.165) is 18.3 Å². The Hall–Kier alpha value is -4.66. The van der Waals surface area contributed by atoms with Gasteiger partial charge in [0.05, 0.1) is 40.9 Å². The molecule has 4 N–H and O–H groups in total. The second kappa shape index (κ2) is 12.7. The molecule has 3 amide bonds. The Bertz CT molecular complexity index is 1380. The van der Waals surface area contributed by atoms with Gasteiger partial charge in [-0.2, -0.15) is 5.10 Å². The van der Waals surface area contributed by atoms with E-state index in [2.05, 4.69) is 37.1 Å². The molecule has 2 aromatic carbocycles. The summed E-state index contributed by atoms with van der Waals surface area (Å²) < 4.78 is 16.1. The number of nitro groups is 1. The average molecular weight is 606 g/mol. The molecule has 39 heavy (non-hydrogen) atoms. The van der Waals surface area contributed by atoms with Gasteiger partial charge in [0.15, 0.2) is 18.1 Å². The van der Waals surface area contributed by atoms with E-state index >= 15 is 0 Å². The van der Waals surface area contributed by atoms with Crippen molar-refractivity contribution in [3.8, 4) is 17.2 Å². The number of aromatic hydroxyl groups is 1. The number of allylic oxidation sites excluding steroid dienone is 1. The summed E-state index contributed by atoms with van der Waals surface area (Å²) in [6.07, 6.45) is 1.05. The number of rotatable bonds is 10. The van der Waals surface area contributed by atoms with Crippen molar-refractivity contribution in [2.75, 3.05) is 20.3 Å². The Balaban J connectivity index is 1.70. The number of hydrogen-bond donors (Lipinski definition) is 4. The summed E-state index contributed by atoms with van der Waals surface area (Å²) in [6.45, 7) is 2.94. The second-order valence-electron chi connectivity index (χ2n) is 7.91. The number of benzene rings is 2. The number of urea groups is 1. The van der Waals surface area contributed by atoms with Crippen LogP contribution in [-0.4, -0.2) is 54.5 Å². The predicted octanol–water partition coefficient (Wildman–Crippen LogP) is 2.79. The van der Waals surface area contributed by atoms with Gasteiger partial charge in [-0.05, 0) is 47.5 Å². The topological polar surface area (TPSA) is 191 Å². The number of non-ortho nitro benzene ring substituents is 1. The zero-order chi connectivity index (χ0) is 28.7. The summed E-state index contributed by atoms with van der Waals surface area (Å²) in [7, 11) is 1.38. The third-order valence-corrected chi connectivity index (χ3v) is 5.93. The minimum absolute atomic E-state index is 0.00558. The fourth-order valence-corrected chi connectivity index (χ4v) is 4.03. The summed E-state index contributed by atoms with van der Waals surface area (Å²) in [5, 5.41) is 30.0. The number of phenolic OH excluding ortho intramolecular Hbond substituents is 1. The van der Waals surface area contributed by atoms with Crippen molar-refractivity contribution >= 4 is 45.7 Å². The molecular formula is C24H24BrN5O9. The molecule has 0 spiro atoms. The quantitative estimate of drug-likeness (QED) is 0.136. The molecule has 2 aromatic rings. The van der Waals surface area contributed by atoms with E-state index < -0.39 is 35.5 Å². The highest BCUT2D eigenvalue weighted by Gasteiger charge is 2.32. The highest BCUT2D eigenvalue weighted by atomic mass is 79.9. The van der Waals surface area contributed by atoms with Gasteiger partial charge >= 0.3 is 12.0 Å². The molecule has 1 aliphatic heterocycles. The van der Waals surface area contributed by atoms with Gasteiger partial charge < -0.3 is 30.0 Å². The Morgan fingerprint density at radius 2 is 2.03 bits per heavy atom. The maximum atomic E-state index is 12.5. The lowest BCUT2D eigenvalue weighted by Crippen LogP contribution is -2.45. The van der Waals surface area contributed by atoms with Crippen LogP contribution in [0.15, 0.2) is 51.2 Å². The third kappa shape index (κ3) is 7.01. The van der Waals surface area contributed by atoms with E-state index in [0.29, 0.717) is 11.3 Å². The van der Waals surface area contributed by atoms with Gasteiger partial charge in [0.2, 0.25) is 0 Å². The molecule has 0 unspecified atom stereocenters. The standard InChI is InChI=1S/C24H24BrN5O9/c1-4-38-23(33)20-12(2)27-24(34)28-21(20)13-5-6-17(18(8-13)37-3)39-11-19(31)29-26-10-14-7-15(30(35)36)9-16(25)22(14)32/h5-10,21,32H,4,11H2,1-3H3,(H,29,31)(H2,27,28,34)/b26-10+/t21-/m0/s1. The van der Waals surface area contributed by atoms with Crippen LogP contribution in [0.1, 0.15) is 31.0 Å². The van der Waals surface area contributed by atoms with Gasteiger partial charge in [-0.15, -0.1) is 0 Å². The number of phenols is 1. The van der Waals surface area contributed by atoms with Crippen molar-refractivity contribution in [2.45, 2.75) is 19.9 Å². The van der Waals surface area contributed by atoms with Crippen molar-refractivity contribution in [3.05, 3.63) is 67.3 Å². The van der Waals surface area contributed by atoms with E-state index in [-0.39, 0.29) is 45.2 Å². The number of hydrogen-bond acceptors (Lipinski definition) is 10. The molecule has 0 radical (unpaired) electrons. The summed E-state index contributed by atoms with van der Waals surface area (Å²) in [5.74, 6) is -1.13. The average Bonchev–Trinajstić information content (AvgIpc) is 2.89. The molecule has 1 atom stereocenters. The molecule has 14 nitrogen and oxygen atoms in total. The number of esters is 1. The van der Waals surface area contributed by atoms with Gasteiger partial charge in [0.1, 0.15) is 5.75 Å². The van der Waals surface area contributed by atoms with Crippen LogP contribution in [0.25, 0.3) is 0 Å². The highest BCUT2D eigenvalue weighted by molar-refractivity contribution is 9.10. The van der Waals surface area contributed by atoms with Crippen LogP contribution in [0.4, 0.5) is 10.5 Å². The van der Waals surface area contributed by atoms with Crippen molar-refractivity contribution in [1.82, 2.24) is 16.1 Å². The number of halogens is 1. The van der Waals surface area contributed by atoms with Crippen molar-refractivity contribution < 1.29 is 38.6 Å². The monoisotopic (exact) mass is 605 g/mol. The zero-order valence-corrected chi connectivity index (χ0v) is 22.5. The van der Waals surface area contributed by atoms with E-state index in [1.165, 1.54) is 13.2 Å². The molecule has 1 aliphatic rings. The fourth-order valence-electron chi connectivity index (χ4n) is 3.56.